The highest BCUT2D eigenvalue weighted by molar-refractivity contribution is 8.05. The molecule has 4 rings (SSSR count). The minimum atomic E-state index is 0.801. The summed E-state index contributed by atoms with van der Waals surface area (Å²) in [5, 5.41) is 0. The molecule has 3 aromatic carbocycles. The third kappa shape index (κ3) is 2.48. The molecule has 1 heterocycles. The number of anilines is 2. The van der Waals surface area contributed by atoms with Crippen LogP contribution in [0.1, 0.15) is 5.56 Å². The molecule has 2 nitrogen and oxygen atoms in total. The lowest BCUT2D eigenvalue weighted by molar-refractivity contribution is 1.16. The number of nitrogen functional groups attached to an aromatic ring is 2. The molecule has 0 amide bonds. The van der Waals surface area contributed by atoms with Crippen LogP contribution in [0.2, 0.25) is 0 Å². The van der Waals surface area contributed by atoms with E-state index in [1.54, 1.807) is 23.5 Å². The van der Waals surface area contributed by atoms with Gasteiger partial charge in [-0.3, -0.25) is 0 Å². The molecule has 0 spiro atoms. The number of aryl methyl sites for hydroxylation is 1. The average Bonchev–Trinajstić information content (AvgIpc) is 2.54. The predicted octanol–water partition coefficient (Wildman–Crippen LogP) is 5.44. The van der Waals surface area contributed by atoms with Crippen molar-refractivity contribution in [3.63, 3.8) is 0 Å². The Labute approximate surface area is 144 Å². The molecule has 4 N–H and O–H groups in total. The van der Waals surface area contributed by atoms with Crippen LogP contribution in [0.4, 0.5) is 11.4 Å². The first-order chi connectivity index (χ1) is 11.1. The summed E-state index contributed by atoms with van der Waals surface area (Å²) in [4.78, 5) is 4.92. The number of nitrogens with two attached hydrogens (primary N) is 2. The summed E-state index contributed by atoms with van der Waals surface area (Å²) in [6, 6.07) is 18.6. The molecule has 0 aromatic heterocycles. The van der Waals surface area contributed by atoms with Crippen LogP contribution in [-0.2, 0) is 0 Å². The normalized spacial score (nSPS) is 12.6. The van der Waals surface area contributed by atoms with Gasteiger partial charge in [0, 0.05) is 36.5 Å². The maximum absolute atomic E-state index is 6.35. The highest BCUT2D eigenvalue weighted by Crippen LogP contribution is 2.53. The number of benzene rings is 3. The molecule has 0 unspecified atom stereocenters. The second-order valence-electron chi connectivity index (χ2n) is 5.58. The molecule has 0 bridgehead atoms. The standard InChI is InChI=1S/C19H16N2S2/c1-11-4-2-3-5-13(11)18-14(21)7-9-16-19(18)23-15-8-6-12(20)10-17(15)22-16/h2-10H,20-21H2,1H3. The van der Waals surface area contributed by atoms with Crippen molar-refractivity contribution in [2.24, 2.45) is 0 Å². The molecular formula is C19H16N2S2. The van der Waals surface area contributed by atoms with Crippen LogP contribution >= 0.6 is 23.5 Å². The lowest BCUT2D eigenvalue weighted by Gasteiger charge is -2.23. The summed E-state index contributed by atoms with van der Waals surface area (Å²) in [5.74, 6) is 0. The van der Waals surface area contributed by atoms with Crippen LogP contribution in [0, 0.1) is 6.92 Å². The third-order valence-electron chi connectivity index (χ3n) is 3.97. The van der Waals surface area contributed by atoms with Crippen molar-refractivity contribution in [3.8, 4) is 11.1 Å². The summed E-state index contributed by atoms with van der Waals surface area (Å²) in [5.41, 5.74) is 17.5. The van der Waals surface area contributed by atoms with Crippen LogP contribution in [-0.4, -0.2) is 0 Å². The van der Waals surface area contributed by atoms with E-state index in [9.17, 15) is 0 Å². The van der Waals surface area contributed by atoms with Gasteiger partial charge in [-0.25, -0.2) is 0 Å². The summed E-state index contributed by atoms with van der Waals surface area (Å²) < 4.78 is 0. The zero-order valence-corrected chi connectivity index (χ0v) is 14.3. The Balaban J connectivity index is 1.92. The first-order valence-corrected chi connectivity index (χ1v) is 9.00. The van der Waals surface area contributed by atoms with Gasteiger partial charge in [0.15, 0.2) is 0 Å². The minimum absolute atomic E-state index is 0.801. The molecule has 0 aliphatic carbocycles. The van der Waals surface area contributed by atoms with Gasteiger partial charge in [-0.05, 0) is 48.4 Å². The van der Waals surface area contributed by atoms with Gasteiger partial charge in [0.2, 0.25) is 0 Å². The molecule has 0 radical (unpaired) electrons. The van der Waals surface area contributed by atoms with Gasteiger partial charge < -0.3 is 11.5 Å². The van der Waals surface area contributed by atoms with Gasteiger partial charge in [0.1, 0.15) is 0 Å². The van der Waals surface area contributed by atoms with Gasteiger partial charge in [-0.15, -0.1) is 0 Å². The maximum Gasteiger partial charge on any atom is 0.0406 e. The van der Waals surface area contributed by atoms with Crippen molar-refractivity contribution in [2.75, 3.05) is 11.5 Å². The van der Waals surface area contributed by atoms with Crippen molar-refractivity contribution < 1.29 is 0 Å². The number of hydrogen-bond donors (Lipinski definition) is 2. The molecular weight excluding hydrogens is 320 g/mol. The summed E-state index contributed by atoms with van der Waals surface area (Å²) >= 11 is 3.54. The Hall–Kier alpha value is -2.04. The summed E-state index contributed by atoms with van der Waals surface area (Å²) in [6.07, 6.45) is 0. The van der Waals surface area contributed by atoms with Crippen molar-refractivity contribution in [1.82, 2.24) is 0 Å². The molecule has 1 aliphatic heterocycles. The van der Waals surface area contributed by atoms with Gasteiger partial charge in [0.05, 0.1) is 0 Å². The van der Waals surface area contributed by atoms with Crippen LogP contribution < -0.4 is 11.5 Å². The predicted molar refractivity (Wildman–Crippen MR) is 100 cm³/mol. The van der Waals surface area contributed by atoms with Crippen LogP contribution in [0.25, 0.3) is 11.1 Å². The average molecular weight is 336 g/mol. The second kappa shape index (κ2) is 5.55. The molecule has 0 saturated carbocycles. The second-order valence-corrected chi connectivity index (χ2v) is 7.72. The van der Waals surface area contributed by atoms with Gasteiger partial charge in [0.25, 0.3) is 0 Å². The quantitative estimate of drug-likeness (QED) is 0.454. The van der Waals surface area contributed by atoms with Crippen molar-refractivity contribution in [3.05, 3.63) is 60.2 Å². The van der Waals surface area contributed by atoms with E-state index in [0.29, 0.717) is 0 Å². The molecule has 0 saturated heterocycles. The Morgan fingerprint density at radius 3 is 2.39 bits per heavy atom. The highest BCUT2D eigenvalue weighted by Gasteiger charge is 2.22. The third-order valence-corrected chi connectivity index (χ3v) is 6.55. The lowest BCUT2D eigenvalue weighted by atomic mass is 9.99. The largest absolute Gasteiger partial charge is 0.399 e. The fourth-order valence-electron chi connectivity index (χ4n) is 2.81. The van der Waals surface area contributed by atoms with Crippen molar-refractivity contribution >= 4 is 34.9 Å². The zero-order valence-electron chi connectivity index (χ0n) is 12.7. The molecule has 23 heavy (non-hydrogen) atoms. The van der Waals surface area contributed by atoms with E-state index in [1.165, 1.54) is 30.7 Å². The van der Waals surface area contributed by atoms with Crippen LogP contribution in [0.15, 0.2) is 74.2 Å². The molecule has 114 valence electrons. The maximum atomic E-state index is 6.35. The summed E-state index contributed by atoms with van der Waals surface area (Å²) in [6.45, 7) is 2.13. The fourth-order valence-corrected chi connectivity index (χ4v) is 5.25. The van der Waals surface area contributed by atoms with E-state index in [4.69, 9.17) is 11.5 Å². The molecule has 0 atom stereocenters. The molecule has 3 aromatic rings. The van der Waals surface area contributed by atoms with E-state index in [-0.39, 0.29) is 0 Å². The van der Waals surface area contributed by atoms with Crippen molar-refractivity contribution in [2.45, 2.75) is 26.5 Å². The first-order valence-electron chi connectivity index (χ1n) is 7.37. The van der Waals surface area contributed by atoms with Crippen LogP contribution in [0.3, 0.4) is 0 Å². The highest BCUT2D eigenvalue weighted by atomic mass is 32.2. The Bertz CT molecular complexity index is 919. The minimum Gasteiger partial charge on any atom is -0.399 e. The number of hydrogen-bond acceptors (Lipinski definition) is 4. The van der Waals surface area contributed by atoms with E-state index < -0.39 is 0 Å². The van der Waals surface area contributed by atoms with E-state index in [1.807, 2.05) is 18.2 Å². The Morgan fingerprint density at radius 1 is 0.783 bits per heavy atom. The Kier molecular flexibility index (Phi) is 3.51. The van der Waals surface area contributed by atoms with Gasteiger partial charge in [-0.2, -0.15) is 0 Å². The molecule has 1 aliphatic rings. The molecule has 0 fully saturated rings. The van der Waals surface area contributed by atoms with Gasteiger partial charge >= 0.3 is 0 Å². The van der Waals surface area contributed by atoms with Crippen LogP contribution in [0.5, 0.6) is 0 Å². The monoisotopic (exact) mass is 336 g/mol. The van der Waals surface area contributed by atoms with Gasteiger partial charge in [-0.1, -0.05) is 47.8 Å². The van der Waals surface area contributed by atoms with E-state index >= 15 is 0 Å². The van der Waals surface area contributed by atoms with Crippen molar-refractivity contribution in [1.29, 1.82) is 0 Å². The smallest absolute Gasteiger partial charge is 0.0406 e. The topological polar surface area (TPSA) is 52.0 Å². The fraction of sp³-hybridized carbons (Fsp3) is 0.0526. The first kappa shape index (κ1) is 14.5. The number of rotatable bonds is 1. The van der Waals surface area contributed by atoms with E-state index in [0.717, 1.165) is 16.9 Å². The summed E-state index contributed by atoms with van der Waals surface area (Å²) in [7, 11) is 0. The number of fused-ring (bicyclic) bond motifs is 2. The lowest BCUT2D eigenvalue weighted by Crippen LogP contribution is -1.99. The van der Waals surface area contributed by atoms with E-state index in [2.05, 4.69) is 43.3 Å². The zero-order chi connectivity index (χ0) is 16.0. The Morgan fingerprint density at radius 2 is 1.57 bits per heavy atom. The molecule has 4 heteroatoms. The SMILES string of the molecule is Cc1ccccc1-c1c(N)ccc2c1Sc1ccc(N)cc1S2.